The minimum atomic E-state index is -0.467. The van der Waals surface area contributed by atoms with Gasteiger partial charge in [-0.1, -0.05) is 30.0 Å². The average Bonchev–Trinajstić information content (AvgIpc) is 2.93. The van der Waals surface area contributed by atoms with E-state index in [0.717, 1.165) is 9.10 Å². The highest BCUT2D eigenvalue weighted by molar-refractivity contribution is 8.01. The first kappa shape index (κ1) is 14.6. The fourth-order valence-corrected chi connectivity index (χ4v) is 3.50. The lowest BCUT2D eigenvalue weighted by atomic mass is 10.3. The van der Waals surface area contributed by atoms with Crippen LogP contribution in [0.15, 0.2) is 50.9 Å². The van der Waals surface area contributed by atoms with E-state index in [2.05, 4.69) is 10.1 Å². The molecule has 0 aliphatic rings. The molecule has 0 saturated heterocycles. The van der Waals surface area contributed by atoms with Crippen molar-refractivity contribution in [1.82, 2.24) is 5.32 Å². The molecule has 0 spiro atoms. The van der Waals surface area contributed by atoms with Gasteiger partial charge in [-0.15, -0.1) is 11.3 Å². The van der Waals surface area contributed by atoms with Crippen LogP contribution in [0.25, 0.3) is 0 Å². The van der Waals surface area contributed by atoms with Crippen LogP contribution in [-0.2, 0) is 9.53 Å². The molecule has 2 rings (SSSR count). The first-order valence-electron chi connectivity index (χ1n) is 5.86. The van der Waals surface area contributed by atoms with Crippen molar-refractivity contribution in [2.24, 2.45) is 0 Å². The molecule has 0 aliphatic heterocycles. The maximum absolute atomic E-state index is 12.0. The van der Waals surface area contributed by atoms with E-state index in [4.69, 9.17) is 0 Å². The van der Waals surface area contributed by atoms with Gasteiger partial charge in [0.15, 0.2) is 0 Å². The van der Waals surface area contributed by atoms with Crippen LogP contribution in [0, 0.1) is 0 Å². The Morgan fingerprint density at radius 2 is 2.00 bits per heavy atom. The highest BCUT2D eigenvalue weighted by Crippen LogP contribution is 2.34. The quantitative estimate of drug-likeness (QED) is 0.863. The molecule has 20 heavy (non-hydrogen) atoms. The van der Waals surface area contributed by atoms with Gasteiger partial charge < -0.3 is 10.1 Å². The first-order chi connectivity index (χ1) is 9.70. The second kappa shape index (κ2) is 7.12. The van der Waals surface area contributed by atoms with Crippen LogP contribution in [0.2, 0.25) is 0 Å². The molecule has 104 valence electrons. The monoisotopic (exact) mass is 307 g/mol. The maximum atomic E-state index is 12.0. The normalized spacial score (nSPS) is 10.1. The summed E-state index contributed by atoms with van der Waals surface area (Å²) in [7, 11) is 1.29. The number of amides is 1. The Balaban J connectivity index is 2.04. The molecule has 0 saturated carbocycles. The zero-order valence-corrected chi connectivity index (χ0v) is 12.4. The predicted octanol–water partition coefficient (Wildman–Crippen LogP) is 2.80. The van der Waals surface area contributed by atoms with Gasteiger partial charge in [-0.05, 0) is 23.6 Å². The van der Waals surface area contributed by atoms with Gasteiger partial charge in [0.25, 0.3) is 5.91 Å². The number of thiophene rings is 1. The van der Waals surface area contributed by atoms with Gasteiger partial charge in [0, 0.05) is 4.90 Å². The van der Waals surface area contributed by atoms with Crippen LogP contribution < -0.4 is 5.32 Å². The highest BCUT2D eigenvalue weighted by atomic mass is 32.2. The lowest BCUT2D eigenvalue weighted by Gasteiger charge is -2.05. The lowest BCUT2D eigenvalue weighted by molar-refractivity contribution is -0.139. The number of benzene rings is 1. The number of hydrogen-bond acceptors (Lipinski definition) is 5. The van der Waals surface area contributed by atoms with Gasteiger partial charge in [0.1, 0.15) is 6.54 Å². The van der Waals surface area contributed by atoms with Crippen molar-refractivity contribution in [3.8, 4) is 0 Å². The molecule has 1 heterocycles. The molecule has 0 bridgehead atoms. The van der Waals surface area contributed by atoms with Crippen molar-refractivity contribution in [2.45, 2.75) is 9.10 Å². The fourth-order valence-electron chi connectivity index (χ4n) is 1.46. The SMILES string of the molecule is COC(=O)CNC(=O)c1ccsc1Sc1ccccc1. The van der Waals surface area contributed by atoms with Crippen molar-refractivity contribution < 1.29 is 14.3 Å². The number of methoxy groups -OCH3 is 1. The number of carbonyl (C=O) groups is 2. The van der Waals surface area contributed by atoms with Crippen LogP contribution in [0.4, 0.5) is 0 Å². The molecule has 0 unspecified atom stereocenters. The highest BCUT2D eigenvalue weighted by Gasteiger charge is 2.14. The largest absolute Gasteiger partial charge is 0.468 e. The zero-order chi connectivity index (χ0) is 14.4. The summed E-state index contributed by atoms with van der Waals surface area (Å²) in [6, 6.07) is 11.6. The number of ether oxygens (including phenoxy) is 1. The summed E-state index contributed by atoms with van der Waals surface area (Å²) in [5, 5.41) is 4.40. The Hall–Kier alpha value is -1.79. The molecule has 1 aromatic heterocycles. The minimum absolute atomic E-state index is 0.124. The third-order valence-electron chi connectivity index (χ3n) is 2.45. The minimum Gasteiger partial charge on any atom is -0.468 e. The Morgan fingerprint density at radius 1 is 1.25 bits per heavy atom. The topological polar surface area (TPSA) is 55.4 Å². The molecule has 0 fully saturated rings. The van der Waals surface area contributed by atoms with E-state index >= 15 is 0 Å². The standard InChI is InChI=1S/C14H13NO3S2/c1-18-12(16)9-15-13(17)11-7-8-19-14(11)20-10-5-3-2-4-6-10/h2-8H,9H2,1H3,(H,15,17). The molecular formula is C14H13NO3S2. The summed E-state index contributed by atoms with van der Waals surface area (Å²) in [4.78, 5) is 24.1. The van der Waals surface area contributed by atoms with Crippen molar-refractivity contribution >= 4 is 35.0 Å². The molecule has 1 N–H and O–H groups in total. The van der Waals surface area contributed by atoms with Crippen LogP contribution in [0.5, 0.6) is 0 Å². The average molecular weight is 307 g/mol. The van der Waals surface area contributed by atoms with E-state index in [-0.39, 0.29) is 12.5 Å². The van der Waals surface area contributed by atoms with E-state index in [1.165, 1.54) is 30.2 Å². The molecule has 1 aromatic carbocycles. The first-order valence-corrected chi connectivity index (χ1v) is 7.55. The van der Waals surface area contributed by atoms with Gasteiger partial charge in [-0.25, -0.2) is 0 Å². The number of carbonyl (C=O) groups excluding carboxylic acids is 2. The Kier molecular flexibility index (Phi) is 5.20. The molecular weight excluding hydrogens is 294 g/mol. The zero-order valence-electron chi connectivity index (χ0n) is 10.8. The van der Waals surface area contributed by atoms with Gasteiger partial charge in [-0.2, -0.15) is 0 Å². The third kappa shape index (κ3) is 3.85. The molecule has 0 radical (unpaired) electrons. The van der Waals surface area contributed by atoms with E-state index < -0.39 is 5.97 Å². The molecule has 0 atom stereocenters. The van der Waals surface area contributed by atoms with Crippen LogP contribution in [0.1, 0.15) is 10.4 Å². The van der Waals surface area contributed by atoms with Gasteiger partial charge in [-0.3, -0.25) is 9.59 Å². The summed E-state index contributed by atoms with van der Waals surface area (Å²) in [6.45, 7) is -0.124. The number of esters is 1. The summed E-state index contributed by atoms with van der Waals surface area (Å²) in [5.74, 6) is -0.735. The number of nitrogens with one attached hydrogen (secondary N) is 1. The second-order valence-electron chi connectivity index (χ2n) is 3.80. The molecule has 2 aromatic rings. The van der Waals surface area contributed by atoms with E-state index in [1.54, 1.807) is 6.07 Å². The van der Waals surface area contributed by atoms with Gasteiger partial charge in [0.2, 0.25) is 0 Å². The van der Waals surface area contributed by atoms with E-state index in [0.29, 0.717) is 5.56 Å². The van der Waals surface area contributed by atoms with E-state index in [9.17, 15) is 9.59 Å². The Bertz CT molecular complexity index is 595. The molecule has 0 aliphatic carbocycles. The smallest absolute Gasteiger partial charge is 0.325 e. The number of rotatable bonds is 5. The van der Waals surface area contributed by atoms with Crippen molar-refractivity contribution in [2.75, 3.05) is 13.7 Å². The summed E-state index contributed by atoms with van der Waals surface area (Å²) in [6.07, 6.45) is 0. The Morgan fingerprint density at radius 3 is 2.70 bits per heavy atom. The maximum Gasteiger partial charge on any atom is 0.325 e. The van der Waals surface area contributed by atoms with Crippen molar-refractivity contribution in [3.05, 3.63) is 47.3 Å². The van der Waals surface area contributed by atoms with Gasteiger partial charge in [0.05, 0.1) is 16.9 Å². The molecule has 6 heteroatoms. The van der Waals surface area contributed by atoms with Crippen molar-refractivity contribution in [1.29, 1.82) is 0 Å². The third-order valence-corrected chi connectivity index (χ3v) is 4.61. The second-order valence-corrected chi connectivity index (χ2v) is 6.05. The Labute approximate surface area is 125 Å². The predicted molar refractivity (Wildman–Crippen MR) is 79.2 cm³/mol. The number of hydrogen-bond donors (Lipinski definition) is 1. The summed E-state index contributed by atoms with van der Waals surface area (Å²) in [5.41, 5.74) is 0.577. The lowest BCUT2D eigenvalue weighted by Crippen LogP contribution is -2.30. The molecule has 4 nitrogen and oxygen atoms in total. The van der Waals surface area contributed by atoms with Crippen molar-refractivity contribution in [3.63, 3.8) is 0 Å². The molecule has 1 amide bonds. The van der Waals surface area contributed by atoms with E-state index in [1.807, 2.05) is 35.7 Å². The fraction of sp³-hybridized carbons (Fsp3) is 0.143. The van der Waals surface area contributed by atoms with Gasteiger partial charge >= 0.3 is 5.97 Å². The summed E-state index contributed by atoms with van der Waals surface area (Å²) < 4.78 is 5.39. The van der Waals surface area contributed by atoms with Crippen LogP contribution in [-0.4, -0.2) is 25.5 Å². The van der Waals surface area contributed by atoms with Crippen LogP contribution in [0.3, 0.4) is 0 Å². The summed E-state index contributed by atoms with van der Waals surface area (Å²) >= 11 is 3.03. The van der Waals surface area contributed by atoms with Crippen LogP contribution >= 0.6 is 23.1 Å².